The number of nitrogens with zero attached hydrogens (tertiary/aromatic N) is 3. The van der Waals surface area contributed by atoms with Crippen molar-refractivity contribution in [3.63, 3.8) is 0 Å². The molecule has 0 spiro atoms. The number of rotatable bonds is 6. The van der Waals surface area contributed by atoms with Crippen molar-refractivity contribution in [3.05, 3.63) is 66.0 Å². The average Bonchev–Trinajstić information content (AvgIpc) is 2.69. The molecular formula is C20H25N3O2. The first-order chi connectivity index (χ1) is 12.2. The van der Waals surface area contributed by atoms with Crippen LogP contribution < -0.4 is 0 Å². The summed E-state index contributed by atoms with van der Waals surface area (Å²) < 4.78 is 5.57. The second kappa shape index (κ2) is 8.74. The fraction of sp³-hybridized carbons (Fsp3) is 0.400. The minimum absolute atomic E-state index is 0.0737. The van der Waals surface area contributed by atoms with Crippen molar-refractivity contribution in [2.24, 2.45) is 0 Å². The molecule has 3 rings (SSSR count). The van der Waals surface area contributed by atoms with Crippen molar-refractivity contribution in [1.29, 1.82) is 0 Å². The van der Waals surface area contributed by atoms with E-state index in [2.05, 4.69) is 22.9 Å². The van der Waals surface area contributed by atoms with Gasteiger partial charge < -0.3 is 9.64 Å². The SMILES string of the molecule is CC(c1cccnc1)N1CCN(C(=O)COCc2ccccc2)CC1. The predicted molar refractivity (Wildman–Crippen MR) is 96.9 cm³/mol. The second-order valence-corrected chi connectivity index (χ2v) is 6.36. The van der Waals surface area contributed by atoms with E-state index in [0.29, 0.717) is 12.6 Å². The van der Waals surface area contributed by atoms with Crippen molar-refractivity contribution in [2.45, 2.75) is 19.6 Å². The molecular weight excluding hydrogens is 314 g/mol. The molecule has 132 valence electrons. The van der Waals surface area contributed by atoms with Gasteiger partial charge >= 0.3 is 0 Å². The summed E-state index contributed by atoms with van der Waals surface area (Å²) in [5.74, 6) is 0.0737. The highest BCUT2D eigenvalue weighted by atomic mass is 16.5. The minimum Gasteiger partial charge on any atom is -0.367 e. The molecule has 1 aromatic carbocycles. The van der Waals surface area contributed by atoms with Gasteiger partial charge in [0.15, 0.2) is 0 Å². The fourth-order valence-electron chi connectivity index (χ4n) is 3.11. The van der Waals surface area contributed by atoms with E-state index >= 15 is 0 Å². The summed E-state index contributed by atoms with van der Waals surface area (Å²) in [5, 5.41) is 0. The Morgan fingerprint density at radius 2 is 1.88 bits per heavy atom. The third-order valence-corrected chi connectivity index (χ3v) is 4.72. The maximum Gasteiger partial charge on any atom is 0.248 e. The van der Waals surface area contributed by atoms with Crippen LogP contribution in [0.25, 0.3) is 0 Å². The number of piperazine rings is 1. The summed E-state index contributed by atoms with van der Waals surface area (Å²) in [5.41, 5.74) is 2.30. The summed E-state index contributed by atoms with van der Waals surface area (Å²) in [6, 6.07) is 14.3. The fourth-order valence-corrected chi connectivity index (χ4v) is 3.11. The lowest BCUT2D eigenvalue weighted by molar-refractivity contribution is -0.138. The molecule has 0 aliphatic carbocycles. The van der Waals surface area contributed by atoms with Crippen molar-refractivity contribution in [3.8, 4) is 0 Å². The van der Waals surface area contributed by atoms with Crippen LogP contribution in [0.5, 0.6) is 0 Å². The lowest BCUT2D eigenvalue weighted by atomic mass is 10.1. The average molecular weight is 339 g/mol. The summed E-state index contributed by atoms with van der Waals surface area (Å²) in [6.45, 7) is 6.06. The molecule has 5 heteroatoms. The number of amides is 1. The topological polar surface area (TPSA) is 45.7 Å². The van der Waals surface area contributed by atoms with E-state index in [1.807, 2.05) is 47.5 Å². The van der Waals surface area contributed by atoms with E-state index in [4.69, 9.17) is 4.74 Å². The van der Waals surface area contributed by atoms with Gasteiger partial charge in [-0.05, 0) is 24.1 Å². The summed E-state index contributed by atoms with van der Waals surface area (Å²) >= 11 is 0. The van der Waals surface area contributed by atoms with Gasteiger partial charge in [-0.2, -0.15) is 0 Å². The Hall–Kier alpha value is -2.24. The van der Waals surface area contributed by atoms with Gasteiger partial charge in [-0.15, -0.1) is 0 Å². The first-order valence-electron chi connectivity index (χ1n) is 8.77. The van der Waals surface area contributed by atoms with Crippen LogP contribution in [0.2, 0.25) is 0 Å². The van der Waals surface area contributed by atoms with Gasteiger partial charge in [-0.1, -0.05) is 36.4 Å². The third-order valence-electron chi connectivity index (χ3n) is 4.72. The number of carbonyl (C=O) groups excluding carboxylic acids is 1. The van der Waals surface area contributed by atoms with Crippen molar-refractivity contribution < 1.29 is 9.53 Å². The first-order valence-corrected chi connectivity index (χ1v) is 8.77. The molecule has 5 nitrogen and oxygen atoms in total. The molecule has 1 fully saturated rings. The Balaban J connectivity index is 1.41. The van der Waals surface area contributed by atoms with E-state index in [1.54, 1.807) is 6.20 Å². The molecule has 0 radical (unpaired) electrons. The van der Waals surface area contributed by atoms with Gasteiger partial charge in [-0.3, -0.25) is 14.7 Å². The maximum atomic E-state index is 12.3. The highest BCUT2D eigenvalue weighted by Gasteiger charge is 2.24. The molecule has 1 saturated heterocycles. The van der Waals surface area contributed by atoms with Crippen LogP contribution in [-0.4, -0.2) is 53.5 Å². The zero-order valence-corrected chi connectivity index (χ0v) is 14.7. The highest BCUT2D eigenvalue weighted by molar-refractivity contribution is 5.77. The van der Waals surface area contributed by atoms with E-state index < -0.39 is 0 Å². The quantitative estimate of drug-likeness (QED) is 0.811. The van der Waals surface area contributed by atoms with Crippen LogP contribution in [0, 0.1) is 0 Å². The van der Waals surface area contributed by atoms with Gasteiger partial charge in [0.25, 0.3) is 0 Å². The smallest absolute Gasteiger partial charge is 0.248 e. The largest absolute Gasteiger partial charge is 0.367 e. The van der Waals surface area contributed by atoms with Crippen molar-refractivity contribution in [2.75, 3.05) is 32.8 Å². The third kappa shape index (κ3) is 4.87. The lowest BCUT2D eigenvalue weighted by Gasteiger charge is -2.38. The van der Waals surface area contributed by atoms with Crippen LogP contribution in [0.1, 0.15) is 24.1 Å². The second-order valence-electron chi connectivity index (χ2n) is 6.36. The number of hydrogen-bond donors (Lipinski definition) is 0. The number of benzene rings is 1. The van der Waals surface area contributed by atoms with Crippen LogP contribution in [0.4, 0.5) is 0 Å². The van der Waals surface area contributed by atoms with Crippen molar-refractivity contribution >= 4 is 5.91 Å². The number of pyridine rings is 1. The van der Waals surface area contributed by atoms with E-state index in [-0.39, 0.29) is 12.5 Å². The Labute approximate surface area is 149 Å². The predicted octanol–water partition coefficient (Wildman–Crippen LogP) is 2.50. The number of hydrogen-bond acceptors (Lipinski definition) is 4. The molecule has 1 aliphatic rings. The van der Waals surface area contributed by atoms with Crippen LogP contribution >= 0.6 is 0 Å². The zero-order valence-electron chi connectivity index (χ0n) is 14.7. The molecule has 25 heavy (non-hydrogen) atoms. The summed E-state index contributed by atoms with van der Waals surface area (Å²) in [6.07, 6.45) is 3.71. The number of carbonyl (C=O) groups is 1. The van der Waals surface area contributed by atoms with E-state index in [0.717, 1.165) is 31.7 Å². The molecule has 1 amide bonds. The van der Waals surface area contributed by atoms with E-state index in [1.165, 1.54) is 5.56 Å². The highest BCUT2D eigenvalue weighted by Crippen LogP contribution is 2.20. The Morgan fingerprint density at radius 3 is 2.56 bits per heavy atom. The van der Waals surface area contributed by atoms with Gasteiger partial charge in [0, 0.05) is 44.6 Å². The molecule has 1 aliphatic heterocycles. The van der Waals surface area contributed by atoms with Crippen molar-refractivity contribution in [1.82, 2.24) is 14.8 Å². The van der Waals surface area contributed by atoms with Gasteiger partial charge in [0.05, 0.1) is 6.61 Å². The Bertz CT molecular complexity index is 655. The molecule has 0 N–H and O–H groups in total. The van der Waals surface area contributed by atoms with Crippen LogP contribution in [-0.2, 0) is 16.1 Å². The number of ether oxygens (including phenoxy) is 1. The molecule has 0 saturated carbocycles. The first kappa shape index (κ1) is 17.6. The summed E-state index contributed by atoms with van der Waals surface area (Å²) in [4.78, 5) is 20.8. The monoisotopic (exact) mass is 339 g/mol. The van der Waals surface area contributed by atoms with Crippen LogP contribution in [0.3, 0.4) is 0 Å². The maximum absolute atomic E-state index is 12.3. The Morgan fingerprint density at radius 1 is 1.12 bits per heavy atom. The lowest BCUT2D eigenvalue weighted by Crippen LogP contribution is -2.50. The van der Waals surface area contributed by atoms with Gasteiger partial charge in [0.1, 0.15) is 6.61 Å². The van der Waals surface area contributed by atoms with Gasteiger partial charge in [-0.25, -0.2) is 0 Å². The normalized spacial score (nSPS) is 16.6. The molecule has 2 aromatic rings. The molecule has 1 aromatic heterocycles. The van der Waals surface area contributed by atoms with E-state index in [9.17, 15) is 4.79 Å². The molecule has 1 atom stereocenters. The van der Waals surface area contributed by atoms with Gasteiger partial charge in [0.2, 0.25) is 5.91 Å². The minimum atomic E-state index is 0.0737. The molecule has 2 heterocycles. The Kier molecular flexibility index (Phi) is 6.14. The molecule has 0 bridgehead atoms. The standard InChI is InChI=1S/C20H25N3O2/c1-17(19-8-5-9-21-14-19)22-10-12-23(13-11-22)20(24)16-25-15-18-6-3-2-4-7-18/h2-9,14,17H,10-13,15-16H2,1H3. The molecule has 1 unspecified atom stereocenters. The zero-order chi connectivity index (χ0) is 17.5. The number of aromatic nitrogens is 1. The van der Waals surface area contributed by atoms with Crippen LogP contribution in [0.15, 0.2) is 54.9 Å². The summed E-state index contributed by atoms with van der Waals surface area (Å²) in [7, 11) is 0.